The van der Waals surface area contributed by atoms with Crippen LogP contribution in [-0.4, -0.2) is 51.9 Å². The standard InChI is InChI=1S/C30H46N4O5/c1-11-21-14-16-22(17-15-21)25(26(36)33-29(5,6)7)34(20(4)13-12-19(2)3)27(37)23(18-24(31)35)32-28(38)39-30(8,9)10/h1,14-17,19-20,23,25H,12-13,18H2,2-10H3,(H2,31,35)(H,32,38)(H,33,36). The average Bonchev–Trinajstić information content (AvgIpc) is 2.77. The summed E-state index contributed by atoms with van der Waals surface area (Å²) >= 11 is 0. The molecule has 0 aliphatic carbocycles. The zero-order chi connectivity index (χ0) is 30.1. The largest absolute Gasteiger partial charge is 0.444 e. The zero-order valence-corrected chi connectivity index (χ0v) is 24.9. The van der Waals surface area contributed by atoms with Crippen LogP contribution in [0.1, 0.15) is 98.7 Å². The molecule has 0 bridgehead atoms. The fourth-order valence-corrected chi connectivity index (χ4v) is 3.98. The first kappa shape index (κ1) is 33.5. The molecule has 0 aliphatic heterocycles. The SMILES string of the molecule is C#Cc1ccc(C(C(=O)NC(C)(C)C)N(C(=O)C(CC(N)=O)NC(=O)OC(C)(C)C)C(C)CCC(C)C)cc1. The number of rotatable bonds is 11. The molecule has 9 nitrogen and oxygen atoms in total. The van der Waals surface area contributed by atoms with Crippen LogP contribution in [0.4, 0.5) is 4.79 Å². The lowest BCUT2D eigenvalue weighted by molar-refractivity contribution is -0.146. The molecule has 0 saturated carbocycles. The lowest BCUT2D eigenvalue weighted by Gasteiger charge is -2.39. The second-order valence-corrected chi connectivity index (χ2v) is 12.3. The lowest BCUT2D eigenvalue weighted by atomic mass is 9.95. The van der Waals surface area contributed by atoms with Gasteiger partial charge in [0.25, 0.3) is 0 Å². The predicted molar refractivity (Wildman–Crippen MR) is 152 cm³/mol. The summed E-state index contributed by atoms with van der Waals surface area (Å²) < 4.78 is 5.33. The van der Waals surface area contributed by atoms with Crippen molar-refractivity contribution in [2.45, 2.75) is 111 Å². The van der Waals surface area contributed by atoms with Gasteiger partial charge in [-0.2, -0.15) is 0 Å². The van der Waals surface area contributed by atoms with Gasteiger partial charge in [0.1, 0.15) is 17.7 Å². The van der Waals surface area contributed by atoms with Crippen molar-refractivity contribution in [2.24, 2.45) is 11.7 Å². The van der Waals surface area contributed by atoms with Crippen molar-refractivity contribution in [3.63, 3.8) is 0 Å². The maximum absolute atomic E-state index is 14.2. The molecule has 0 aromatic heterocycles. The van der Waals surface area contributed by atoms with Crippen LogP contribution in [0.2, 0.25) is 0 Å². The van der Waals surface area contributed by atoms with Crippen molar-refractivity contribution >= 4 is 23.8 Å². The van der Waals surface area contributed by atoms with Gasteiger partial charge in [-0.1, -0.05) is 31.9 Å². The Labute approximate surface area is 233 Å². The summed E-state index contributed by atoms with van der Waals surface area (Å²) in [5.74, 6) is 1.09. The van der Waals surface area contributed by atoms with E-state index in [9.17, 15) is 19.2 Å². The molecule has 216 valence electrons. The second-order valence-electron chi connectivity index (χ2n) is 12.3. The molecule has 1 rings (SSSR count). The number of ether oxygens (including phenoxy) is 1. The highest BCUT2D eigenvalue weighted by atomic mass is 16.6. The molecule has 0 heterocycles. The Hall–Kier alpha value is -3.54. The maximum atomic E-state index is 14.2. The highest BCUT2D eigenvalue weighted by molar-refractivity contribution is 5.94. The van der Waals surface area contributed by atoms with E-state index >= 15 is 0 Å². The minimum Gasteiger partial charge on any atom is -0.444 e. The summed E-state index contributed by atoms with van der Waals surface area (Å²) in [7, 11) is 0. The highest BCUT2D eigenvalue weighted by Crippen LogP contribution is 2.29. The molecule has 39 heavy (non-hydrogen) atoms. The van der Waals surface area contributed by atoms with E-state index in [4.69, 9.17) is 16.9 Å². The van der Waals surface area contributed by atoms with E-state index in [0.717, 1.165) is 6.42 Å². The van der Waals surface area contributed by atoms with Gasteiger partial charge >= 0.3 is 6.09 Å². The number of benzene rings is 1. The number of hydrogen-bond acceptors (Lipinski definition) is 5. The number of nitrogens with one attached hydrogen (secondary N) is 2. The van der Waals surface area contributed by atoms with Crippen LogP contribution >= 0.6 is 0 Å². The quantitative estimate of drug-likeness (QED) is 0.363. The van der Waals surface area contributed by atoms with Crippen LogP contribution in [0.15, 0.2) is 24.3 Å². The maximum Gasteiger partial charge on any atom is 0.408 e. The van der Waals surface area contributed by atoms with E-state index in [1.54, 1.807) is 45.0 Å². The number of amides is 4. The van der Waals surface area contributed by atoms with Gasteiger partial charge in [0.05, 0.1) is 6.42 Å². The van der Waals surface area contributed by atoms with Crippen LogP contribution in [0.25, 0.3) is 0 Å². The molecule has 1 aromatic rings. The van der Waals surface area contributed by atoms with Gasteiger partial charge in [-0.3, -0.25) is 14.4 Å². The number of carbonyl (C=O) groups is 4. The Balaban J connectivity index is 3.70. The molecule has 0 radical (unpaired) electrons. The van der Waals surface area contributed by atoms with Crippen LogP contribution < -0.4 is 16.4 Å². The van der Waals surface area contributed by atoms with E-state index < -0.39 is 59.5 Å². The monoisotopic (exact) mass is 542 g/mol. The number of carbonyl (C=O) groups excluding carboxylic acids is 4. The van der Waals surface area contributed by atoms with Crippen molar-refractivity contribution < 1.29 is 23.9 Å². The number of nitrogens with two attached hydrogens (primary N) is 1. The third-order valence-electron chi connectivity index (χ3n) is 5.70. The average molecular weight is 543 g/mol. The van der Waals surface area contributed by atoms with Crippen molar-refractivity contribution in [1.82, 2.24) is 15.5 Å². The minimum atomic E-state index is -1.34. The Morgan fingerprint density at radius 2 is 1.56 bits per heavy atom. The van der Waals surface area contributed by atoms with E-state index in [0.29, 0.717) is 23.5 Å². The first-order valence-corrected chi connectivity index (χ1v) is 13.3. The molecule has 3 unspecified atom stereocenters. The van der Waals surface area contributed by atoms with Crippen molar-refractivity contribution in [3.8, 4) is 12.3 Å². The first-order valence-electron chi connectivity index (χ1n) is 13.3. The van der Waals surface area contributed by atoms with E-state index in [-0.39, 0.29) is 0 Å². The van der Waals surface area contributed by atoms with Crippen molar-refractivity contribution in [2.75, 3.05) is 0 Å². The topological polar surface area (TPSA) is 131 Å². The number of alkyl carbamates (subject to hydrolysis) is 1. The van der Waals surface area contributed by atoms with Gasteiger partial charge in [-0.05, 0) is 84.9 Å². The molecule has 0 aliphatic rings. The van der Waals surface area contributed by atoms with Gasteiger partial charge in [0, 0.05) is 17.1 Å². The van der Waals surface area contributed by atoms with Crippen molar-refractivity contribution in [1.29, 1.82) is 0 Å². The van der Waals surface area contributed by atoms with Crippen LogP contribution in [0.3, 0.4) is 0 Å². The van der Waals surface area contributed by atoms with Crippen LogP contribution in [0.5, 0.6) is 0 Å². The summed E-state index contributed by atoms with van der Waals surface area (Å²) in [5, 5.41) is 5.48. The minimum absolute atomic E-state index is 0.350. The van der Waals surface area contributed by atoms with Gasteiger partial charge in [0.15, 0.2) is 0 Å². The summed E-state index contributed by atoms with van der Waals surface area (Å²) in [4.78, 5) is 54.1. The van der Waals surface area contributed by atoms with E-state index in [1.807, 2.05) is 27.7 Å². The van der Waals surface area contributed by atoms with Crippen molar-refractivity contribution in [3.05, 3.63) is 35.4 Å². The van der Waals surface area contributed by atoms with Gasteiger partial charge in [0.2, 0.25) is 17.7 Å². The summed E-state index contributed by atoms with van der Waals surface area (Å²) in [6, 6.07) is 3.99. The van der Waals surface area contributed by atoms with Crippen LogP contribution in [-0.2, 0) is 19.1 Å². The molecule has 4 amide bonds. The summed E-state index contributed by atoms with van der Waals surface area (Å²) in [6.07, 6.45) is 5.57. The molecule has 9 heteroatoms. The number of hydrogen-bond donors (Lipinski definition) is 3. The molecule has 0 spiro atoms. The molecule has 1 aromatic carbocycles. The molecule has 3 atom stereocenters. The molecule has 0 saturated heterocycles. The number of nitrogens with zero attached hydrogens (tertiary/aromatic N) is 1. The van der Waals surface area contributed by atoms with E-state index in [2.05, 4.69) is 30.4 Å². The molecular formula is C30H46N4O5. The third kappa shape index (κ3) is 11.8. The molecular weight excluding hydrogens is 496 g/mol. The second kappa shape index (κ2) is 14.0. The van der Waals surface area contributed by atoms with Crippen LogP contribution in [0, 0.1) is 18.3 Å². The predicted octanol–water partition coefficient (Wildman–Crippen LogP) is 4.05. The van der Waals surface area contributed by atoms with Gasteiger partial charge < -0.3 is 26.0 Å². The Morgan fingerprint density at radius 1 is 1.00 bits per heavy atom. The number of terminal acetylenes is 1. The first-order chi connectivity index (χ1) is 17.8. The number of primary amides is 1. The van der Waals surface area contributed by atoms with E-state index in [1.165, 1.54) is 4.90 Å². The Kier molecular flexibility index (Phi) is 12.0. The third-order valence-corrected chi connectivity index (χ3v) is 5.70. The smallest absolute Gasteiger partial charge is 0.408 e. The van der Waals surface area contributed by atoms with Gasteiger partial charge in [-0.25, -0.2) is 4.79 Å². The molecule has 4 N–H and O–H groups in total. The fourth-order valence-electron chi connectivity index (χ4n) is 3.98. The highest BCUT2D eigenvalue weighted by Gasteiger charge is 2.40. The summed E-state index contributed by atoms with van der Waals surface area (Å²) in [6.45, 7) is 16.6. The summed E-state index contributed by atoms with van der Waals surface area (Å²) in [5.41, 5.74) is 5.21. The van der Waals surface area contributed by atoms with Gasteiger partial charge in [-0.15, -0.1) is 6.42 Å². The normalized spacial score (nSPS) is 14.0. The fraction of sp³-hybridized carbons (Fsp3) is 0.600. The Morgan fingerprint density at radius 3 is 2.00 bits per heavy atom. The molecule has 0 fully saturated rings. The zero-order valence-electron chi connectivity index (χ0n) is 24.9. The lowest BCUT2D eigenvalue weighted by Crippen LogP contribution is -2.57. The Bertz CT molecular complexity index is 1050.